The highest BCUT2D eigenvalue weighted by molar-refractivity contribution is 7.89. The van der Waals surface area contributed by atoms with E-state index in [1.807, 2.05) is 10.3 Å². The van der Waals surface area contributed by atoms with Crippen LogP contribution in [0.25, 0.3) is 0 Å². The number of nitrogens with one attached hydrogen (secondary N) is 2. The molecule has 0 radical (unpaired) electrons. The summed E-state index contributed by atoms with van der Waals surface area (Å²) in [4.78, 5) is 23.4. The number of carbonyl (C=O) groups excluding carboxylic acids is 1. The maximum absolute atomic E-state index is 12.3. The smallest absolute Gasteiger partial charge is 0.271 e. The van der Waals surface area contributed by atoms with Crippen molar-refractivity contribution in [1.29, 1.82) is 0 Å². The molecule has 0 unspecified atom stereocenters. The van der Waals surface area contributed by atoms with Crippen molar-refractivity contribution < 1.29 is 22.9 Å². The number of non-ortho nitro benzene ring substituents is 1. The number of sulfonamides is 1. The van der Waals surface area contributed by atoms with Gasteiger partial charge in [-0.1, -0.05) is 17.7 Å². The Labute approximate surface area is 147 Å². The summed E-state index contributed by atoms with van der Waals surface area (Å²) in [5.74, 6) is -0.870. The molecule has 2 aromatic rings. The first-order valence-electron chi connectivity index (χ1n) is 6.65. The average Bonchev–Trinajstić information content (AvgIpc) is 2.59. The molecule has 2 rings (SSSR count). The predicted molar refractivity (Wildman–Crippen MR) is 88.9 cm³/mol. The normalized spacial score (nSPS) is 11.0. The summed E-state index contributed by atoms with van der Waals surface area (Å²) in [6.45, 7) is 0. The van der Waals surface area contributed by atoms with Gasteiger partial charge in [-0.05, 0) is 24.3 Å². The molecule has 0 heterocycles. The molecule has 0 atom stereocenters. The molecule has 11 heteroatoms. The topological polar surface area (TPSA) is 128 Å². The molecular formula is C14H12ClN3O6S. The Hall–Kier alpha value is -2.69. The molecule has 0 aliphatic heterocycles. The lowest BCUT2D eigenvalue weighted by molar-refractivity contribution is -0.385. The number of rotatable bonds is 6. The van der Waals surface area contributed by atoms with Crippen LogP contribution in [0, 0.1) is 10.1 Å². The highest BCUT2D eigenvalue weighted by Crippen LogP contribution is 2.27. The molecule has 0 spiro atoms. The second-order valence-electron chi connectivity index (χ2n) is 4.66. The van der Waals surface area contributed by atoms with E-state index in [2.05, 4.69) is 0 Å². The van der Waals surface area contributed by atoms with Crippen LogP contribution in [-0.2, 0) is 10.0 Å². The molecular weight excluding hydrogens is 374 g/mol. The number of hydrogen-bond acceptors (Lipinski definition) is 6. The van der Waals surface area contributed by atoms with E-state index in [0.29, 0.717) is 5.02 Å². The summed E-state index contributed by atoms with van der Waals surface area (Å²) >= 11 is 5.76. The third-order valence-electron chi connectivity index (χ3n) is 3.03. The van der Waals surface area contributed by atoms with E-state index in [1.165, 1.54) is 25.3 Å². The van der Waals surface area contributed by atoms with E-state index >= 15 is 0 Å². The number of halogens is 1. The van der Waals surface area contributed by atoms with Crippen molar-refractivity contribution in [1.82, 2.24) is 10.3 Å². The van der Waals surface area contributed by atoms with Crippen LogP contribution >= 0.6 is 11.6 Å². The second-order valence-corrected chi connectivity index (χ2v) is 6.75. The average molecular weight is 386 g/mol. The summed E-state index contributed by atoms with van der Waals surface area (Å²) in [6.07, 6.45) is 0. The van der Waals surface area contributed by atoms with Gasteiger partial charge in [-0.25, -0.2) is 8.42 Å². The summed E-state index contributed by atoms with van der Waals surface area (Å²) < 4.78 is 29.6. The van der Waals surface area contributed by atoms with E-state index in [9.17, 15) is 23.3 Å². The van der Waals surface area contributed by atoms with Crippen LogP contribution < -0.4 is 15.0 Å². The molecule has 25 heavy (non-hydrogen) atoms. The third-order valence-corrected chi connectivity index (χ3v) is 4.54. The first-order chi connectivity index (χ1) is 11.7. The lowest BCUT2D eigenvalue weighted by Gasteiger charge is -2.11. The van der Waals surface area contributed by atoms with Crippen LogP contribution in [0.5, 0.6) is 5.75 Å². The van der Waals surface area contributed by atoms with E-state index in [1.54, 1.807) is 6.07 Å². The molecule has 0 aliphatic carbocycles. The zero-order valence-corrected chi connectivity index (χ0v) is 14.3. The first-order valence-corrected chi connectivity index (χ1v) is 8.51. The molecule has 9 nitrogen and oxygen atoms in total. The molecule has 2 aromatic carbocycles. The van der Waals surface area contributed by atoms with E-state index < -0.39 is 31.4 Å². The third kappa shape index (κ3) is 4.44. The Bertz CT molecular complexity index is 932. The predicted octanol–water partition coefficient (Wildman–Crippen LogP) is 1.88. The Morgan fingerprint density at radius 2 is 1.96 bits per heavy atom. The van der Waals surface area contributed by atoms with Crippen LogP contribution in [0.15, 0.2) is 47.4 Å². The quantitative estimate of drug-likeness (QED) is 0.577. The number of nitro benzene ring substituents is 1. The number of ether oxygens (including phenoxy) is 1. The van der Waals surface area contributed by atoms with Crippen LogP contribution in [0.2, 0.25) is 5.02 Å². The van der Waals surface area contributed by atoms with Gasteiger partial charge in [0.1, 0.15) is 10.6 Å². The lowest BCUT2D eigenvalue weighted by Crippen LogP contribution is -2.41. The van der Waals surface area contributed by atoms with E-state index in [-0.39, 0.29) is 11.3 Å². The molecule has 0 aromatic heterocycles. The van der Waals surface area contributed by atoms with Gasteiger partial charge < -0.3 is 4.74 Å². The fourth-order valence-electron chi connectivity index (χ4n) is 1.86. The van der Waals surface area contributed by atoms with Gasteiger partial charge in [-0.3, -0.25) is 20.3 Å². The number of amides is 1. The van der Waals surface area contributed by atoms with Crippen LogP contribution in [0.3, 0.4) is 0 Å². The van der Waals surface area contributed by atoms with Crippen molar-refractivity contribution in [3.63, 3.8) is 0 Å². The lowest BCUT2D eigenvalue weighted by atomic mass is 10.2. The van der Waals surface area contributed by atoms with Crippen LogP contribution in [-0.4, -0.2) is 26.4 Å². The molecule has 132 valence electrons. The summed E-state index contributed by atoms with van der Waals surface area (Å²) in [5.41, 5.74) is 1.69. The maximum atomic E-state index is 12.3. The SMILES string of the molecule is COc1ccc([N+](=O)[O-])cc1S(=O)(=O)NNC(=O)c1cccc(Cl)c1. The van der Waals surface area contributed by atoms with Crippen molar-refractivity contribution in [2.45, 2.75) is 4.90 Å². The van der Waals surface area contributed by atoms with Gasteiger partial charge in [-0.15, -0.1) is 4.83 Å². The van der Waals surface area contributed by atoms with Crippen molar-refractivity contribution >= 4 is 33.2 Å². The Balaban J connectivity index is 2.25. The molecule has 2 N–H and O–H groups in total. The minimum atomic E-state index is -4.32. The highest BCUT2D eigenvalue weighted by Gasteiger charge is 2.24. The monoisotopic (exact) mass is 385 g/mol. The molecule has 0 saturated carbocycles. The van der Waals surface area contributed by atoms with Crippen LogP contribution in [0.1, 0.15) is 10.4 Å². The fourth-order valence-corrected chi connectivity index (χ4v) is 3.08. The van der Waals surface area contributed by atoms with Gasteiger partial charge in [0.05, 0.1) is 12.0 Å². The van der Waals surface area contributed by atoms with Crippen LogP contribution in [0.4, 0.5) is 5.69 Å². The Kier molecular flexibility index (Phi) is 5.57. The molecule has 0 bridgehead atoms. The number of carbonyl (C=O) groups is 1. The number of nitro groups is 1. The van der Waals surface area contributed by atoms with E-state index in [4.69, 9.17) is 16.3 Å². The van der Waals surface area contributed by atoms with Gasteiger partial charge in [0.2, 0.25) is 0 Å². The van der Waals surface area contributed by atoms with Gasteiger partial charge >= 0.3 is 0 Å². The van der Waals surface area contributed by atoms with Gasteiger partial charge in [-0.2, -0.15) is 0 Å². The number of nitrogens with zero attached hydrogens (tertiary/aromatic N) is 1. The van der Waals surface area contributed by atoms with Gasteiger partial charge in [0.15, 0.2) is 0 Å². The largest absolute Gasteiger partial charge is 0.495 e. The molecule has 0 fully saturated rings. The van der Waals surface area contributed by atoms with Gasteiger partial charge in [0, 0.05) is 22.7 Å². The molecule has 0 saturated heterocycles. The Morgan fingerprint density at radius 1 is 1.24 bits per heavy atom. The van der Waals surface area contributed by atoms with Crippen molar-refractivity contribution in [2.24, 2.45) is 0 Å². The van der Waals surface area contributed by atoms with Crippen molar-refractivity contribution in [3.05, 3.63) is 63.2 Å². The highest BCUT2D eigenvalue weighted by atomic mass is 35.5. The minimum Gasteiger partial charge on any atom is -0.495 e. The fraction of sp³-hybridized carbons (Fsp3) is 0.0714. The standard InChI is InChI=1S/C14H12ClN3O6S/c1-24-12-6-5-11(18(20)21)8-13(12)25(22,23)17-16-14(19)9-3-2-4-10(15)7-9/h2-8,17H,1H3,(H,16,19). The number of benzene rings is 2. The summed E-state index contributed by atoms with van der Waals surface area (Å²) in [7, 11) is -3.10. The summed E-state index contributed by atoms with van der Waals surface area (Å²) in [6, 6.07) is 8.93. The number of methoxy groups -OCH3 is 1. The molecule has 0 aliphatic rings. The Morgan fingerprint density at radius 3 is 2.56 bits per heavy atom. The summed E-state index contributed by atoms with van der Waals surface area (Å²) in [5, 5.41) is 11.1. The maximum Gasteiger partial charge on any atom is 0.271 e. The zero-order chi connectivity index (χ0) is 18.6. The molecule has 1 amide bonds. The number of hydrazine groups is 1. The zero-order valence-electron chi connectivity index (χ0n) is 12.7. The van der Waals surface area contributed by atoms with Crippen molar-refractivity contribution in [3.8, 4) is 5.75 Å². The number of hydrogen-bond donors (Lipinski definition) is 2. The van der Waals surface area contributed by atoms with E-state index in [0.717, 1.165) is 18.2 Å². The minimum absolute atomic E-state index is 0.116. The van der Waals surface area contributed by atoms with Crippen molar-refractivity contribution in [2.75, 3.05) is 7.11 Å². The first kappa shape index (κ1) is 18.6. The van der Waals surface area contributed by atoms with Gasteiger partial charge in [0.25, 0.3) is 21.6 Å². The second kappa shape index (κ2) is 7.47.